The van der Waals surface area contributed by atoms with Crippen LogP contribution in [0.1, 0.15) is 28.0 Å². The number of carbonyl (C=O) groups is 2. The summed E-state index contributed by atoms with van der Waals surface area (Å²) >= 11 is 0. The third-order valence-corrected chi connectivity index (χ3v) is 3.77. The summed E-state index contributed by atoms with van der Waals surface area (Å²) in [7, 11) is 1.34. The van der Waals surface area contributed by atoms with Crippen LogP contribution in [0.25, 0.3) is 5.69 Å². The zero-order valence-corrected chi connectivity index (χ0v) is 14.6. The minimum atomic E-state index is -4.88. The third kappa shape index (κ3) is 4.85. The molecular formula is C17H18F3N3O4. The second kappa shape index (κ2) is 8.21. The fraction of sp³-hybridized carbons (Fsp3) is 0.353. The van der Waals surface area contributed by atoms with E-state index in [2.05, 4.69) is 10.4 Å². The molecule has 0 aliphatic rings. The molecule has 1 aromatic carbocycles. The Balaban J connectivity index is 2.40. The molecule has 7 nitrogen and oxygen atoms in total. The minimum absolute atomic E-state index is 0.0198. The van der Waals surface area contributed by atoms with Crippen molar-refractivity contribution in [2.45, 2.75) is 25.6 Å². The summed E-state index contributed by atoms with van der Waals surface area (Å²) in [6, 6.07) is 4.72. The highest BCUT2D eigenvalue weighted by atomic mass is 19.4. The zero-order valence-electron chi connectivity index (χ0n) is 14.6. The molecule has 27 heavy (non-hydrogen) atoms. The predicted octanol–water partition coefficient (Wildman–Crippen LogP) is 2.42. The number of carboxylic acid groups (broad SMARTS) is 1. The Morgan fingerprint density at radius 1 is 1.30 bits per heavy atom. The van der Waals surface area contributed by atoms with Crippen molar-refractivity contribution in [1.29, 1.82) is 0 Å². The van der Waals surface area contributed by atoms with Crippen LogP contribution in [0.2, 0.25) is 0 Å². The largest absolute Gasteiger partial charge is 0.480 e. The molecule has 2 N–H and O–H groups in total. The first-order valence-corrected chi connectivity index (χ1v) is 7.90. The average molecular weight is 385 g/mol. The fourth-order valence-electron chi connectivity index (χ4n) is 2.40. The van der Waals surface area contributed by atoms with Gasteiger partial charge in [0.15, 0.2) is 5.69 Å². The molecule has 2 aromatic rings. The maximum atomic E-state index is 13.6. The van der Waals surface area contributed by atoms with Gasteiger partial charge in [0.1, 0.15) is 6.04 Å². The van der Waals surface area contributed by atoms with Crippen molar-refractivity contribution in [2.75, 3.05) is 13.7 Å². The van der Waals surface area contributed by atoms with E-state index in [-0.39, 0.29) is 18.7 Å². The van der Waals surface area contributed by atoms with E-state index in [1.54, 1.807) is 19.1 Å². The molecule has 0 saturated heterocycles. The van der Waals surface area contributed by atoms with Crippen LogP contribution in [0.15, 0.2) is 30.5 Å². The molecule has 10 heteroatoms. The highest BCUT2D eigenvalue weighted by Gasteiger charge is 2.41. The van der Waals surface area contributed by atoms with Gasteiger partial charge in [0.05, 0.1) is 17.4 Å². The third-order valence-electron chi connectivity index (χ3n) is 3.77. The van der Waals surface area contributed by atoms with Gasteiger partial charge in [-0.1, -0.05) is 17.7 Å². The number of rotatable bonds is 7. The topological polar surface area (TPSA) is 93.5 Å². The highest BCUT2D eigenvalue weighted by Crippen LogP contribution is 2.33. The average Bonchev–Trinajstić information content (AvgIpc) is 3.04. The molecule has 1 heterocycles. The lowest BCUT2D eigenvalue weighted by Gasteiger charge is -2.16. The summed E-state index contributed by atoms with van der Waals surface area (Å²) < 4.78 is 46.1. The number of ether oxygens (including phenoxy) is 1. The highest BCUT2D eigenvalue weighted by molar-refractivity contribution is 5.97. The van der Waals surface area contributed by atoms with Gasteiger partial charge in [0, 0.05) is 20.1 Å². The Morgan fingerprint density at radius 3 is 2.44 bits per heavy atom. The number of amides is 1. The number of hydrogen-bond donors (Lipinski definition) is 2. The monoisotopic (exact) mass is 385 g/mol. The molecule has 146 valence electrons. The molecule has 1 unspecified atom stereocenters. The van der Waals surface area contributed by atoms with Gasteiger partial charge in [-0.25, -0.2) is 9.48 Å². The second-order valence-electron chi connectivity index (χ2n) is 5.80. The van der Waals surface area contributed by atoms with E-state index in [1.807, 2.05) is 0 Å². The molecule has 0 spiro atoms. The van der Waals surface area contributed by atoms with Crippen LogP contribution in [0.4, 0.5) is 13.2 Å². The Kier molecular flexibility index (Phi) is 6.21. The lowest BCUT2D eigenvalue weighted by atomic mass is 10.1. The number of carbonyl (C=O) groups excluding carboxylic acids is 1. The standard InChI is InChI=1S/C17H18F3N3O4/c1-10-3-5-11(6-4-10)23-14(17(18,19)20)12(9-21-23)15(24)22-13(16(25)26)7-8-27-2/h3-6,9,13H,7-8H2,1-2H3,(H,22,24)(H,25,26). The quantitative estimate of drug-likeness (QED) is 0.764. The number of carboxylic acids is 1. The minimum Gasteiger partial charge on any atom is -0.480 e. The Morgan fingerprint density at radius 2 is 1.93 bits per heavy atom. The Hall–Kier alpha value is -2.88. The molecule has 1 aromatic heterocycles. The molecular weight excluding hydrogens is 367 g/mol. The van der Waals surface area contributed by atoms with Gasteiger partial charge in [-0.05, 0) is 19.1 Å². The van der Waals surface area contributed by atoms with Crippen molar-refractivity contribution < 1.29 is 32.6 Å². The maximum absolute atomic E-state index is 13.6. The van der Waals surface area contributed by atoms with E-state index in [1.165, 1.54) is 19.2 Å². The molecule has 2 rings (SSSR count). The summed E-state index contributed by atoms with van der Waals surface area (Å²) in [6.07, 6.45) is -4.20. The normalized spacial score (nSPS) is 12.6. The van der Waals surface area contributed by atoms with Gasteiger partial charge >= 0.3 is 12.1 Å². The van der Waals surface area contributed by atoms with Crippen molar-refractivity contribution in [3.05, 3.63) is 47.3 Å². The summed E-state index contributed by atoms with van der Waals surface area (Å²) in [5, 5.41) is 14.9. The van der Waals surface area contributed by atoms with Crippen molar-refractivity contribution in [2.24, 2.45) is 0 Å². The lowest BCUT2D eigenvalue weighted by molar-refractivity contribution is -0.143. The maximum Gasteiger partial charge on any atom is 0.434 e. The fourth-order valence-corrected chi connectivity index (χ4v) is 2.40. The van der Waals surface area contributed by atoms with E-state index in [0.29, 0.717) is 4.68 Å². The second-order valence-corrected chi connectivity index (χ2v) is 5.80. The van der Waals surface area contributed by atoms with Crippen molar-refractivity contribution in [3.8, 4) is 5.69 Å². The molecule has 0 saturated carbocycles. The summed E-state index contributed by atoms with van der Waals surface area (Å²) in [6.45, 7) is 1.80. The van der Waals surface area contributed by atoms with Gasteiger partial charge in [0.2, 0.25) is 0 Å². The van der Waals surface area contributed by atoms with E-state index in [4.69, 9.17) is 9.84 Å². The molecule has 1 atom stereocenters. The zero-order chi connectivity index (χ0) is 20.2. The number of aromatic nitrogens is 2. The molecule has 0 radical (unpaired) electrons. The van der Waals surface area contributed by atoms with E-state index >= 15 is 0 Å². The Bertz CT molecular complexity index is 816. The number of hydrogen-bond acceptors (Lipinski definition) is 4. The van der Waals surface area contributed by atoms with Gasteiger partial charge in [-0.15, -0.1) is 0 Å². The number of nitrogens with one attached hydrogen (secondary N) is 1. The lowest BCUT2D eigenvalue weighted by Crippen LogP contribution is -2.42. The van der Waals surface area contributed by atoms with Gasteiger partial charge in [0.25, 0.3) is 5.91 Å². The van der Waals surface area contributed by atoms with Gasteiger partial charge in [-0.2, -0.15) is 18.3 Å². The predicted molar refractivity (Wildman–Crippen MR) is 88.7 cm³/mol. The number of methoxy groups -OCH3 is 1. The number of benzene rings is 1. The van der Waals surface area contributed by atoms with Crippen LogP contribution in [-0.2, 0) is 15.7 Å². The first kappa shape index (κ1) is 20.4. The van der Waals surface area contributed by atoms with Crippen LogP contribution in [0, 0.1) is 6.92 Å². The first-order valence-electron chi connectivity index (χ1n) is 7.90. The number of aliphatic carboxylic acids is 1. The number of aryl methyl sites for hydroxylation is 1. The van der Waals surface area contributed by atoms with Crippen molar-refractivity contribution in [1.82, 2.24) is 15.1 Å². The summed E-state index contributed by atoms with van der Waals surface area (Å²) in [5.41, 5.74) is -1.06. The van der Waals surface area contributed by atoms with Crippen LogP contribution in [0.5, 0.6) is 0 Å². The van der Waals surface area contributed by atoms with Gasteiger partial charge < -0.3 is 15.2 Å². The van der Waals surface area contributed by atoms with E-state index in [0.717, 1.165) is 11.8 Å². The van der Waals surface area contributed by atoms with Crippen LogP contribution < -0.4 is 5.32 Å². The van der Waals surface area contributed by atoms with Crippen LogP contribution in [-0.4, -0.2) is 46.5 Å². The molecule has 0 bridgehead atoms. The summed E-state index contributed by atoms with van der Waals surface area (Å²) in [5.74, 6) is -2.55. The number of halogens is 3. The molecule has 0 aliphatic heterocycles. The van der Waals surface area contributed by atoms with E-state index in [9.17, 15) is 22.8 Å². The SMILES string of the molecule is COCCC(NC(=O)c1cnn(-c2ccc(C)cc2)c1C(F)(F)F)C(=O)O. The number of alkyl halides is 3. The van der Waals surface area contributed by atoms with Crippen molar-refractivity contribution >= 4 is 11.9 Å². The smallest absolute Gasteiger partial charge is 0.434 e. The van der Waals surface area contributed by atoms with Gasteiger partial charge in [-0.3, -0.25) is 4.79 Å². The molecule has 0 aliphatic carbocycles. The number of nitrogens with zero attached hydrogens (tertiary/aromatic N) is 2. The van der Waals surface area contributed by atoms with Crippen molar-refractivity contribution in [3.63, 3.8) is 0 Å². The van der Waals surface area contributed by atoms with E-state index < -0.39 is 35.4 Å². The molecule has 0 fully saturated rings. The van der Waals surface area contributed by atoms with Crippen LogP contribution >= 0.6 is 0 Å². The summed E-state index contributed by atoms with van der Waals surface area (Å²) in [4.78, 5) is 23.5. The van der Waals surface area contributed by atoms with Crippen LogP contribution in [0.3, 0.4) is 0 Å². The Labute approximate surface area is 152 Å². The molecule has 1 amide bonds. The first-order chi connectivity index (χ1) is 12.6.